The van der Waals surface area contributed by atoms with E-state index in [1.165, 1.54) is 22.7 Å². The van der Waals surface area contributed by atoms with Gasteiger partial charge in [-0.2, -0.15) is 0 Å². The standard InChI is InChI=1S/C25H22N4O3S2/c30-21(14-19-16-34-25(27-19)29-22(31)15-20-12-7-13-33-20)28-23(17-8-3-1-4-9-17)24(32)26-18-10-5-2-6-11-18/h1-13,16,23H,14-15H2,(H,26,32)(H,28,30)(H,27,29,31). The Morgan fingerprint density at radius 1 is 0.794 bits per heavy atom. The van der Waals surface area contributed by atoms with Crippen LogP contribution in [0.2, 0.25) is 0 Å². The molecule has 0 bridgehead atoms. The van der Waals surface area contributed by atoms with E-state index in [-0.39, 0.29) is 30.6 Å². The minimum Gasteiger partial charge on any atom is -0.340 e. The Morgan fingerprint density at radius 2 is 1.53 bits per heavy atom. The van der Waals surface area contributed by atoms with Crippen LogP contribution in [-0.4, -0.2) is 22.7 Å². The maximum atomic E-state index is 13.0. The van der Waals surface area contributed by atoms with E-state index in [0.717, 1.165) is 4.88 Å². The smallest absolute Gasteiger partial charge is 0.251 e. The molecule has 0 spiro atoms. The zero-order valence-electron chi connectivity index (χ0n) is 18.1. The van der Waals surface area contributed by atoms with Crippen molar-refractivity contribution in [3.05, 3.63) is 99.7 Å². The van der Waals surface area contributed by atoms with Crippen molar-refractivity contribution in [3.8, 4) is 0 Å². The van der Waals surface area contributed by atoms with Crippen molar-refractivity contribution < 1.29 is 14.4 Å². The largest absolute Gasteiger partial charge is 0.340 e. The predicted octanol–water partition coefficient (Wildman–Crippen LogP) is 4.42. The first-order valence-corrected chi connectivity index (χ1v) is 12.3. The lowest BCUT2D eigenvalue weighted by molar-refractivity contribution is -0.126. The van der Waals surface area contributed by atoms with E-state index in [1.807, 2.05) is 53.9 Å². The molecule has 172 valence electrons. The number of hydrogen-bond donors (Lipinski definition) is 3. The van der Waals surface area contributed by atoms with Crippen LogP contribution in [-0.2, 0) is 27.2 Å². The Hall–Kier alpha value is -3.82. The second-order valence-electron chi connectivity index (χ2n) is 7.39. The van der Waals surface area contributed by atoms with E-state index in [0.29, 0.717) is 22.1 Å². The first-order chi connectivity index (χ1) is 16.6. The van der Waals surface area contributed by atoms with Crippen LogP contribution in [0.25, 0.3) is 0 Å². The molecule has 4 aromatic rings. The molecule has 7 nitrogen and oxygen atoms in total. The van der Waals surface area contributed by atoms with Gasteiger partial charge >= 0.3 is 0 Å². The molecule has 0 saturated carbocycles. The van der Waals surface area contributed by atoms with Gasteiger partial charge in [-0.1, -0.05) is 54.6 Å². The van der Waals surface area contributed by atoms with Crippen LogP contribution in [0.1, 0.15) is 22.2 Å². The van der Waals surface area contributed by atoms with Crippen LogP contribution in [0.15, 0.2) is 83.6 Å². The third-order valence-electron chi connectivity index (χ3n) is 4.80. The van der Waals surface area contributed by atoms with Gasteiger partial charge in [0, 0.05) is 15.9 Å². The number of rotatable bonds is 9. The molecule has 3 N–H and O–H groups in total. The van der Waals surface area contributed by atoms with Crippen molar-refractivity contribution in [2.45, 2.75) is 18.9 Å². The quantitative estimate of drug-likeness (QED) is 0.323. The molecule has 0 aliphatic carbocycles. The molecule has 1 unspecified atom stereocenters. The second kappa shape index (κ2) is 11.4. The molecule has 2 aromatic heterocycles. The molecule has 0 aliphatic heterocycles. The number of amides is 3. The summed E-state index contributed by atoms with van der Waals surface area (Å²) in [6, 6.07) is 21.1. The number of thiophene rings is 1. The number of carbonyl (C=O) groups excluding carboxylic acids is 3. The maximum Gasteiger partial charge on any atom is 0.251 e. The molecule has 3 amide bonds. The minimum absolute atomic E-state index is 0.0146. The third-order valence-corrected chi connectivity index (χ3v) is 6.48. The van der Waals surface area contributed by atoms with Gasteiger partial charge < -0.3 is 16.0 Å². The summed E-state index contributed by atoms with van der Waals surface area (Å²) in [6.45, 7) is 0. The van der Waals surface area contributed by atoms with Crippen LogP contribution in [0, 0.1) is 0 Å². The van der Waals surface area contributed by atoms with Gasteiger partial charge in [-0.25, -0.2) is 4.98 Å². The number of nitrogens with zero attached hydrogens (tertiary/aromatic N) is 1. The summed E-state index contributed by atoms with van der Waals surface area (Å²) in [5.74, 6) is -0.848. The van der Waals surface area contributed by atoms with E-state index in [1.54, 1.807) is 29.6 Å². The molecule has 0 aliphatic rings. The van der Waals surface area contributed by atoms with Crippen molar-refractivity contribution in [1.29, 1.82) is 0 Å². The Morgan fingerprint density at radius 3 is 2.24 bits per heavy atom. The van der Waals surface area contributed by atoms with Crippen LogP contribution < -0.4 is 16.0 Å². The van der Waals surface area contributed by atoms with Gasteiger partial charge in [0.1, 0.15) is 6.04 Å². The number of anilines is 2. The van der Waals surface area contributed by atoms with Crippen molar-refractivity contribution in [2.75, 3.05) is 10.6 Å². The lowest BCUT2D eigenvalue weighted by atomic mass is 10.1. The number of carbonyl (C=O) groups is 3. The monoisotopic (exact) mass is 490 g/mol. The van der Waals surface area contributed by atoms with Gasteiger partial charge in [-0.05, 0) is 29.1 Å². The lowest BCUT2D eigenvalue weighted by Crippen LogP contribution is -2.37. The molecule has 1 atom stereocenters. The lowest BCUT2D eigenvalue weighted by Gasteiger charge is -2.19. The predicted molar refractivity (Wildman–Crippen MR) is 135 cm³/mol. The zero-order valence-corrected chi connectivity index (χ0v) is 19.7. The SMILES string of the molecule is O=C(Cc1cccs1)Nc1nc(CC(=O)NC(C(=O)Nc2ccccc2)c2ccccc2)cs1. The molecule has 34 heavy (non-hydrogen) atoms. The zero-order chi connectivity index (χ0) is 23.8. The number of para-hydroxylation sites is 1. The van der Waals surface area contributed by atoms with Crippen LogP contribution in [0.3, 0.4) is 0 Å². The van der Waals surface area contributed by atoms with E-state index < -0.39 is 6.04 Å². The highest BCUT2D eigenvalue weighted by molar-refractivity contribution is 7.14. The van der Waals surface area contributed by atoms with Gasteiger partial charge in [0.2, 0.25) is 11.8 Å². The van der Waals surface area contributed by atoms with Crippen LogP contribution in [0.5, 0.6) is 0 Å². The first-order valence-electron chi connectivity index (χ1n) is 10.5. The fraction of sp³-hybridized carbons (Fsp3) is 0.120. The minimum atomic E-state index is -0.863. The number of thiazole rings is 1. The summed E-state index contributed by atoms with van der Waals surface area (Å²) in [6.07, 6.45) is 0.265. The molecule has 9 heteroatoms. The van der Waals surface area contributed by atoms with Crippen LogP contribution in [0.4, 0.5) is 10.8 Å². The summed E-state index contributed by atoms with van der Waals surface area (Å²) >= 11 is 2.78. The van der Waals surface area contributed by atoms with Crippen LogP contribution >= 0.6 is 22.7 Å². The van der Waals surface area contributed by atoms with Crippen molar-refractivity contribution in [2.24, 2.45) is 0 Å². The summed E-state index contributed by atoms with van der Waals surface area (Å²) in [4.78, 5) is 43.2. The number of nitrogens with one attached hydrogen (secondary N) is 3. The number of hydrogen-bond acceptors (Lipinski definition) is 6. The molecule has 2 heterocycles. The average molecular weight is 491 g/mol. The maximum absolute atomic E-state index is 13.0. The molecule has 4 rings (SSSR count). The van der Waals surface area contributed by atoms with Gasteiger partial charge in [0.25, 0.3) is 5.91 Å². The van der Waals surface area contributed by atoms with Crippen molar-refractivity contribution in [3.63, 3.8) is 0 Å². The van der Waals surface area contributed by atoms with Gasteiger partial charge in [-0.15, -0.1) is 22.7 Å². The highest BCUT2D eigenvalue weighted by Gasteiger charge is 2.23. The fourth-order valence-electron chi connectivity index (χ4n) is 3.24. The fourth-order valence-corrected chi connectivity index (χ4v) is 4.67. The summed E-state index contributed by atoms with van der Waals surface area (Å²) < 4.78 is 0. The molecule has 0 fully saturated rings. The summed E-state index contributed by atoms with van der Waals surface area (Å²) in [5.41, 5.74) is 1.83. The van der Waals surface area contributed by atoms with Crippen molar-refractivity contribution >= 4 is 51.2 Å². The van der Waals surface area contributed by atoms with E-state index in [9.17, 15) is 14.4 Å². The van der Waals surface area contributed by atoms with E-state index >= 15 is 0 Å². The topological polar surface area (TPSA) is 100 Å². The number of aromatic nitrogens is 1. The van der Waals surface area contributed by atoms with Gasteiger partial charge in [0.05, 0.1) is 18.5 Å². The highest BCUT2D eigenvalue weighted by Crippen LogP contribution is 2.19. The normalized spacial score (nSPS) is 11.4. The highest BCUT2D eigenvalue weighted by atomic mass is 32.1. The van der Waals surface area contributed by atoms with E-state index in [2.05, 4.69) is 20.9 Å². The Kier molecular flexibility index (Phi) is 7.79. The summed E-state index contributed by atoms with van der Waals surface area (Å²) in [5, 5.41) is 12.5. The molecule has 0 radical (unpaired) electrons. The van der Waals surface area contributed by atoms with E-state index in [4.69, 9.17) is 0 Å². The van der Waals surface area contributed by atoms with Gasteiger partial charge in [-0.3, -0.25) is 14.4 Å². The van der Waals surface area contributed by atoms with Gasteiger partial charge in [0.15, 0.2) is 5.13 Å². The van der Waals surface area contributed by atoms with Crippen molar-refractivity contribution in [1.82, 2.24) is 10.3 Å². The third kappa shape index (κ3) is 6.60. The Bertz CT molecular complexity index is 1240. The summed E-state index contributed by atoms with van der Waals surface area (Å²) in [7, 11) is 0. The Balaban J connectivity index is 1.38. The Labute approximate surface area is 204 Å². The average Bonchev–Trinajstić information content (AvgIpc) is 3.50. The number of benzene rings is 2. The molecule has 0 saturated heterocycles. The molecular formula is C25H22N4O3S2. The second-order valence-corrected chi connectivity index (χ2v) is 9.28. The molecular weight excluding hydrogens is 468 g/mol. The first kappa shape index (κ1) is 23.3. The molecule has 2 aromatic carbocycles.